The molecule has 0 bridgehead atoms. The molecule has 10 heteroatoms. The topological polar surface area (TPSA) is 93.7 Å². The summed E-state index contributed by atoms with van der Waals surface area (Å²) >= 11 is 16.3. The normalized spacial score (nSPS) is 21.0. The number of carbonyl (C=O) groups is 3. The lowest BCUT2D eigenvalue weighted by Crippen LogP contribution is -2.56. The lowest BCUT2D eigenvalue weighted by Gasteiger charge is -2.46. The summed E-state index contributed by atoms with van der Waals surface area (Å²) in [6.45, 7) is 0. The summed E-state index contributed by atoms with van der Waals surface area (Å²) in [5, 5.41) is 7.08. The van der Waals surface area contributed by atoms with Crippen molar-refractivity contribution in [2.24, 2.45) is 0 Å². The van der Waals surface area contributed by atoms with E-state index in [1.807, 2.05) is 24.3 Å². The minimum atomic E-state index is -1.27. The van der Waals surface area contributed by atoms with Gasteiger partial charge in [-0.1, -0.05) is 57.3 Å². The number of carbonyl (C=O) groups excluding carboxylic acids is 3. The highest BCUT2D eigenvalue weighted by atomic mass is 79.9. The molecule has 1 spiro atoms. The number of rotatable bonds is 5. The first-order valence-corrected chi connectivity index (χ1v) is 14.6. The van der Waals surface area contributed by atoms with E-state index in [0.717, 1.165) is 4.47 Å². The van der Waals surface area contributed by atoms with Crippen LogP contribution in [0.15, 0.2) is 89.4 Å². The molecular formula is C32H23BrCl2N2O5. The van der Waals surface area contributed by atoms with Crippen LogP contribution >= 0.6 is 39.1 Å². The quantitative estimate of drug-likeness (QED) is 0.215. The largest absolute Gasteiger partial charge is 0.465 e. The fourth-order valence-corrected chi connectivity index (χ4v) is 6.77. The molecule has 4 aromatic rings. The Morgan fingerprint density at radius 2 is 1.71 bits per heavy atom. The second-order valence-electron chi connectivity index (χ2n) is 10.1. The van der Waals surface area contributed by atoms with Gasteiger partial charge in [-0.2, -0.15) is 0 Å². The van der Waals surface area contributed by atoms with E-state index in [1.54, 1.807) is 60.7 Å². The molecule has 1 fully saturated rings. The monoisotopic (exact) mass is 664 g/mol. The first-order valence-electron chi connectivity index (χ1n) is 13.0. The van der Waals surface area contributed by atoms with Gasteiger partial charge in [0.2, 0.25) is 11.8 Å². The van der Waals surface area contributed by atoms with Crippen LogP contribution in [0.5, 0.6) is 11.5 Å². The van der Waals surface area contributed by atoms with Crippen LogP contribution in [0, 0.1) is 0 Å². The van der Waals surface area contributed by atoms with E-state index in [9.17, 15) is 14.4 Å². The summed E-state index contributed by atoms with van der Waals surface area (Å²) in [7, 11) is 1.32. The Morgan fingerprint density at radius 3 is 2.45 bits per heavy atom. The van der Waals surface area contributed by atoms with Crippen LogP contribution in [0.3, 0.4) is 0 Å². The van der Waals surface area contributed by atoms with E-state index in [1.165, 1.54) is 7.11 Å². The van der Waals surface area contributed by atoms with Crippen molar-refractivity contribution in [1.29, 1.82) is 0 Å². The Hall–Kier alpha value is -3.85. The second-order valence-corrected chi connectivity index (χ2v) is 11.9. The van der Waals surface area contributed by atoms with Gasteiger partial charge in [0.15, 0.2) is 0 Å². The van der Waals surface area contributed by atoms with Crippen molar-refractivity contribution in [3.8, 4) is 11.5 Å². The number of ether oxygens (including phenoxy) is 2. The van der Waals surface area contributed by atoms with Crippen molar-refractivity contribution in [1.82, 2.24) is 5.32 Å². The summed E-state index contributed by atoms with van der Waals surface area (Å²) in [4.78, 5) is 39.7. The Morgan fingerprint density at radius 1 is 0.952 bits per heavy atom. The summed E-state index contributed by atoms with van der Waals surface area (Å²) in [6.07, 6.45) is 0.0145. The highest BCUT2D eigenvalue weighted by Gasteiger charge is 2.61. The van der Waals surface area contributed by atoms with Crippen molar-refractivity contribution in [2.75, 3.05) is 12.4 Å². The molecular weight excluding hydrogens is 643 g/mol. The molecule has 0 saturated carbocycles. The molecule has 0 aromatic heterocycles. The lowest BCUT2D eigenvalue weighted by molar-refractivity contribution is -0.131. The molecule has 2 N–H and O–H groups in total. The van der Waals surface area contributed by atoms with Gasteiger partial charge in [0, 0.05) is 38.1 Å². The highest BCUT2D eigenvalue weighted by molar-refractivity contribution is 9.10. The average molecular weight is 666 g/mol. The third kappa shape index (κ3) is 4.83. The number of esters is 1. The average Bonchev–Trinajstić information content (AvgIpc) is 3.25. The molecule has 42 heavy (non-hydrogen) atoms. The van der Waals surface area contributed by atoms with Gasteiger partial charge in [0.25, 0.3) is 0 Å². The number of piperidine rings is 1. The minimum absolute atomic E-state index is 0.0145. The Labute approximate surface area is 260 Å². The molecule has 6 rings (SSSR count). The lowest BCUT2D eigenvalue weighted by atomic mass is 9.59. The first kappa shape index (κ1) is 28.3. The predicted molar refractivity (Wildman–Crippen MR) is 163 cm³/mol. The van der Waals surface area contributed by atoms with Gasteiger partial charge in [0.05, 0.1) is 18.7 Å². The minimum Gasteiger partial charge on any atom is -0.465 e. The van der Waals surface area contributed by atoms with Gasteiger partial charge >= 0.3 is 5.97 Å². The number of anilines is 1. The molecule has 0 aliphatic carbocycles. The maximum absolute atomic E-state index is 14.3. The molecule has 0 radical (unpaired) electrons. The summed E-state index contributed by atoms with van der Waals surface area (Å²) < 4.78 is 11.9. The number of nitrogens with one attached hydrogen (secondary N) is 2. The van der Waals surface area contributed by atoms with Crippen LogP contribution in [0.25, 0.3) is 0 Å². The van der Waals surface area contributed by atoms with Crippen molar-refractivity contribution in [3.63, 3.8) is 0 Å². The number of hydrogen-bond donors (Lipinski definition) is 2. The third-order valence-corrected chi connectivity index (χ3v) is 8.75. The first-order chi connectivity index (χ1) is 20.2. The molecule has 3 atom stereocenters. The molecule has 7 nitrogen and oxygen atoms in total. The molecule has 4 aromatic carbocycles. The van der Waals surface area contributed by atoms with Gasteiger partial charge in [-0.05, 0) is 77.9 Å². The van der Waals surface area contributed by atoms with Gasteiger partial charge in [0.1, 0.15) is 16.9 Å². The van der Waals surface area contributed by atoms with Gasteiger partial charge in [-0.3, -0.25) is 9.59 Å². The van der Waals surface area contributed by atoms with E-state index in [0.29, 0.717) is 49.5 Å². The van der Waals surface area contributed by atoms with Crippen molar-refractivity contribution >= 4 is 62.6 Å². The Bertz CT molecular complexity index is 1750. The van der Waals surface area contributed by atoms with E-state index in [2.05, 4.69) is 26.6 Å². The van der Waals surface area contributed by atoms with Gasteiger partial charge in [-0.25, -0.2) is 4.79 Å². The van der Waals surface area contributed by atoms with Crippen LogP contribution in [0.4, 0.5) is 5.69 Å². The van der Waals surface area contributed by atoms with Crippen molar-refractivity contribution < 1.29 is 23.9 Å². The number of amides is 2. The van der Waals surface area contributed by atoms with Gasteiger partial charge in [-0.15, -0.1) is 0 Å². The predicted octanol–water partition coefficient (Wildman–Crippen LogP) is 7.57. The summed E-state index contributed by atoms with van der Waals surface area (Å²) in [5.74, 6) is -0.681. The Kier molecular flexibility index (Phi) is 7.47. The van der Waals surface area contributed by atoms with Crippen LogP contribution in [0.2, 0.25) is 10.0 Å². The number of benzene rings is 4. The molecule has 2 heterocycles. The third-order valence-electron chi connectivity index (χ3n) is 7.78. The standard InChI is InChI=1S/C32H23BrCl2N2O5/c1-41-30(39)17-5-9-22(10-6-17)42-27-12-7-19(33)14-23(27)25-16-28(38)37-29(18-3-2-4-20(34)13-18)32(25)24-11-8-21(35)15-26(24)36-31(32)40/h2-15,25,29H,16H2,1H3,(H,36,40)(H,37,38)/t25-,29+,32?/m1/s1. The summed E-state index contributed by atoms with van der Waals surface area (Å²) in [6, 6.07) is 23.7. The second kappa shape index (κ2) is 11.1. The van der Waals surface area contributed by atoms with E-state index >= 15 is 0 Å². The Balaban J connectivity index is 1.54. The maximum atomic E-state index is 14.3. The van der Waals surface area contributed by atoms with Crippen LogP contribution in [-0.2, 0) is 19.7 Å². The highest BCUT2D eigenvalue weighted by Crippen LogP contribution is 2.59. The zero-order valence-electron chi connectivity index (χ0n) is 22.1. The zero-order valence-corrected chi connectivity index (χ0v) is 25.2. The van der Waals surface area contributed by atoms with Crippen LogP contribution in [0.1, 0.15) is 45.4 Å². The van der Waals surface area contributed by atoms with E-state index in [-0.39, 0.29) is 18.2 Å². The number of fused-ring (bicyclic) bond motifs is 2. The molecule has 2 aliphatic heterocycles. The molecule has 2 aliphatic rings. The molecule has 1 saturated heterocycles. The van der Waals surface area contributed by atoms with Crippen molar-refractivity contribution in [2.45, 2.75) is 23.8 Å². The van der Waals surface area contributed by atoms with Crippen LogP contribution in [-0.4, -0.2) is 24.9 Å². The zero-order chi connectivity index (χ0) is 29.6. The maximum Gasteiger partial charge on any atom is 0.337 e. The number of methoxy groups -OCH3 is 1. The van der Waals surface area contributed by atoms with E-state index < -0.39 is 23.3 Å². The van der Waals surface area contributed by atoms with Gasteiger partial charge < -0.3 is 20.1 Å². The smallest absolute Gasteiger partial charge is 0.337 e. The SMILES string of the molecule is COC(=O)c1ccc(Oc2ccc(Br)cc2[C@H]2CC(=O)N[C@@H](c3cccc(Cl)c3)C23C(=O)Nc2cc(Cl)ccc23)cc1. The number of hydrogen-bond acceptors (Lipinski definition) is 5. The van der Waals surface area contributed by atoms with Crippen molar-refractivity contribution in [3.05, 3.63) is 122 Å². The summed E-state index contributed by atoms with van der Waals surface area (Å²) in [5.41, 5.74) is 1.74. The van der Waals surface area contributed by atoms with Crippen LogP contribution < -0.4 is 15.4 Å². The molecule has 2 amide bonds. The molecule has 212 valence electrons. The van der Waals surface area contributed by atoms with E-state index in [4.69, 9.17) is 32.7 Å². The molecule has 1 unspecified atom stereocenters. The fraction of sp³-hybridized carbons (Fsp3) is 0.156. The number of halogens is 3. The fourth-order valence-electron chi connectivity index (χ4n) is 6.02.